The molecule has 0 bridgehead atoms. The maximum Gasteiger partial charge on any atom is 2.00 e. The number of aliphatic hydroxyl groups excluding tert-OH is 4. The van der Waals surface area contributed by atoms with Crippen molar-refractivity contribution in [1.82, 2.24) is 0 Å². The molecule has 0 heterocycles. The Balaban J connectivity index is 0. The van der Waals surface area contributed by atoms with Gasteiger partial charge < -0.3 is 35.4 Å². The van der Waals surface area contributed by atoms with E-state index in [0.29, 0.717) is 0 Å². The zero-order valence-electron chi connectivity index (χ0n) is 7.24. The van der Waals surface area contributed by atoms with Crippen molar-refractivity contribution in [3.8, 4) is 0 Å². The standard InChI is InChI=1S/C5H10BO7.Ca/c7-1-2(8)3(9)4(10)6(13)5(11)12;/h2-4,7-10H,1H2,(H,11,12);/q-1;+2/p-1/t2-,3-,4+;/m1./s1. The van der Waals surface area contributed by atoms with E-state index >= 15 is 0 Å². The predicted molar refractivity (Wildman–Crippen MR) is 42.0 cm³/mol. The first kappa shape index (κ1) is 17.0. The first-order valence-electron chi connectivity index (χ1n) is 3.43. The molecule has 0 aromatic rings. The molecule has 0 spiro atoms. The smallest absolute Gasteiger partial charge is 0.873 e. The average Bonchev–Trinajstić information content (AvgIpc) is 2.12. The molecule has 0 saturated heterocycles. The van der Waals surface area contributed by atoms with E-state index in [1.54, 1.807) is 0 Å². The first-order valence-corrected chi connectivity index (χ1v) is 3.43. The van der Waals surface area contributed by atoms with Crippen molar-refractivity contribution in [1.29, 1.82) is 0 Å². The minimum Gasteiger partial charge on any atom is -0.873 e. The number of carbonyl (C=O) groups is 1. The van der Waals surface area contributed by atoms with E-state index in [9.17, 15) is 14.9 Å². The molecular weight excluding hydrogens is 223 g/mol. The van der Waals surface area contributed by atoms with Gasteiger partial charge in [-0.25, -0.2) is 0 Å². The Kier molecular flexibility index (Phi) is 9.51. The van der Waals surface area contributed by atoms with E-state index in [-0.39, 0.29) is 37.7 Å². The zero-order valence-corrected chi connectivity index (χ0v) is 9.45. The van der Waals surface area contributed by atoms with Gasteiger partial charge in [-0.2, -0.15) is 0 Å². The molecule has 7 nitrogen and oxygen atoms in total. The molecule has 0 saturated carbocycles. The summed E-state index contributed by atoms with van der Waals surface area (Å²) < 4.78 is 0. The molecule has 0 aliphatic carbocycles. The zero-order chi connectivity index (χ0) is 10.6. The van der Waals surface area contributed by atoms with E-state index in [1.165, 1.54) is 0 Å². The van der Waals surface area contributed by atoms with Crippen LogP contribution in [0.1, 0.15) is 0 Å². The SMILES string of the molecule is O=C([O-])B([O-])[C@@H](O)[C@H](O)[C@H](O)CO.[Ca+2]. The Bertz CT molecular complexity index is 179. The van der Waals surface area contributed by atoms with Crippen molar-refractivity contribution in [2.24, 2.45) is 0 Å². The summed E-state index contributed by atoms with van der Waals surface area (Å²) in [6, 6.07) is -2.22. The molecule has 0 aromatic carbocycles. The molecule has 0 unspecified atom stereocenters. The van der Waals surface area contributed by atoms with Crippen molar-refractivity contribution in [3.63, 3.8) is 0 Å². The number of rotatable bonds is 5. The van der Waals surface area contributed by atoms with E-state index in [4.69, 9.17) is 20.4 Å². The number of aliphatic hydroxyl groups is 4. The Morgan fingerprint density at radius 2 is 1.79 bits per heavy atom. The van der Waals surface area contributed by atoms with Crippen LogP contribution in [-0.4, -0.2) is 95.8 Å². The van der Waals surface area contributed by atoms with Crippen LogP contribution in [0.5, 0.6) is 0 Å². The molecule has 4 N–H and O–H groups in total. The van der Waals surface area contributed by atoms with Crippen LogP contribution in [0.15, 0.2) is 0 Å². The van der Waals surface area contributed by atoms with E-state index < -0.39 is 37.6 Å². The number of carboxylic acid groups (broad SMARTS) is 1. The topological polar surface area (TPSA) is 144 Å². The minimum atomic E-state index is -2.56. The summed E-state index contributed by atoms with van der Waals surface area (Å²) in [6.45, 7) is -3.45. The molecule has 0 aliphatic heterocycles. The fourth-order valence-corrected chi connectivity index (χ4v) is 0.654. The Morgan fingerprint density at radius 1 is 1.36 bits per heavy atom. The Hall–Kier alpha value is 0.595. The second kappa shape index (κ2) is 7.83. The normalized spacial score (nSPS) is 16.4. The van der Waals surface area contributed by atoms with E-state index in [0.717, 1.165) is 0 Å². The van der Waals surface area contributed by atoms with E-state index in [2.05, 4.69) is 0 Å². The molecule has 0 fully saturated rings. The summed E-state index contributed by atoms with van der Waals surface area (Å²) >= 11 is 0. The minimum absolute atomic E-state index is 0. The van der Waals surface area contributed by atoms with Crippen molar-refractivity contribution in [2.75, 3.05) is 6.61 Å². The van der Waals surface area contributed by atoms with Crippen molar-refractivity contribution in [2.45, 2.75) is 18.2 Å². The molecule has 0 radical (unpaired) electrons. The summed E-state index contributed by atoms with van der Waals surface area (Å²) in [5.74, 6) is -2.09. The molecular formula is C5H9BCaO7. The van der Waals surface area contributed by atoms with Crippen LogP contribution in [0, 0.1) is 0 Å². The van der Waals surface area contributed by atoms with Crippen LogP contribution < -0.4 is 10.1 Å². The predicted octanol–water partition coefficient (Wildman–Crippen LogP) is -5.50. The summed E-state index contributed by atoms with van der Waals surface area (Å²) in [6.07, 6.45) is -3.77. The van der Waals surface area contributed by atoms with Gasteiger partial charge in [0.05, 0.1) is 12.7 Å². The van der Waals surface area contributed by atoms with Gasteiger partial charge in [0.15, 0.2) is 0 Å². The van der Waals surface area contributed by atoms with Crippen LogP contribution in [0.3, 0.4) is 0 Å². The number of hydrogen-bond acceptors (Lipinski definition) is 7. The summed E-state index contributed by atoms with van der Waals surface area (Å²) in [7, 11) is 0. The largest absolute Gasteiger partial charge is 2.00 e. The van der Waals surface area contributed by atoms with Crippen LogP contribution in [-0.2, 0) is 0 Å². The summed E-state index contributed by atoms with van der Waals surface area (Å²) in [5.41, 5.74) is 0. The van der Waals surface area contributed by atoms with Gasteiger partial charge >= 0.3 is 37.7 Å². The van der Waals surface area contributed by atoms with Gasteiger partial charge in [-0.3, -0.25) is 0 Å². The van der Waals surface area contributed by atoms with Gasteiger partial charge in [0.1, 0.15) is 13.0 Å². The molecule has 0 aliphatic rings. The first-order chi connectivity index (χ1) is 5.91. The molecule has 0 amide bonds. The third kappa shape index (κ3) is 4.90. The second-order valence-electron chi connectivity index (χ2n) is 2.47. The summed E-state index contributed by atoms with van der Waals surface area (Å²) in [5, 5.41) is 55.1. The third-order valence-corrected chi connectivity index (χ3v) is 1.47. The third-order valence-electron chi connectivity index (χ3n) is 1.47. The Labute approximate surface area is 110 Å². The van der Waals surface area contributed by atoms with Crippen LogP contribution in [0.2, 0.25) is 0 Å². The van der Waals surface area contributed by atoms with Gasteiger partial charge in [0, 0.05) is 6.00 Å². The average molecular weight is 232 g/mol. The Morgan fingerprint density at radius 3 is 2.07 bits per heavy atom. The quantitative estimate of drug-likeness (QED) is 0.346. The maximum absolute atomic E-state index is 10.5. The van der Waals surface area contributed by atoms with Crippen molar-refractivity contribution < 1.29 is 35.4 Å². The molecule has 14 heavy (non-hydrogen) atoms. The molecule has 9 heteroatoms. The molecule has 76 valence electrons. The monoisotopic (exact) mass is 232 g/mol. The number of carbonyl (C=O) groups excluding carboxylic acids is 1. The van der Waals surface area contributed by atoms with E-state index in [1.807, 2.05) is 0 Å². The number of hydrogen-bond donors (Lipinski definition) is 4. The second-order valence-corrected chi connectivity index (χ2v) is 2.47. The molecule has 0 aromatic heterocycles. The van der Waals surface area contributed by atoms with Crippen LogP contribution in [0.25, 0.3) is 0 Å². The molecule has 0 rings (SSSR count). The fourth-order valence-electron chi connectivity index (χ4n) is 0.654. The summed E-state index contributed by atoms with van der Waals surface area (Å²) in [4.78, 5) is 9.92. The molecule has 3 atom stereocenters. The van der Waals surface area contributed by atoms with Gasteiger partial charge in [-0.15, -0.1) is 0 Å². The van der Waals surface area contributed by atoms with Crippen LogP contribution >= 0.6 is 0 Å². The van der Waals surface area contributed by atoms with Gasteiger partial charge in [0.2, 0.25) is 0 Å². The van der Waals surface area contributed by atoms with Gasteiger partial charge in [-0.1, -0.05) is 0 Å². The van der Waals surface area contributed by atoms with Gasteiger partial charge in [-0.05, 0) is 5.87 Å². The van der Waals surface area contributed by atoms with Crippen LogP contribution in [0.4, 0.5) is 4.79 Å². The van der Waals surface area contributed by atoms with Crippen molar-refractivity contribution in [3.05, 3.63) is 0 Å². The fraction of sp³-hybridized carbons (Fsp3) is 0.800. The van der Waals surface area contributed by atoms with Crippen molar-refractivity contribution >= 4 is 50.5 Å². The maximum atomic E-state index is 10.5. The van der Waals surface area contributed by atoms with Gasteiger partial charge in [0.25, 0.3) is 0 Å².